The lowest BCUT2D eigenvalue weighted by atomic mass is 10.2. The number of benzene rings is 1. The molecule has 0 aliphatic carbocycles. The maximum Gasteiger partial charge on any atom is 0.462 e. The number of alkyl halides is 5. The predicted octanol–water partition coefficient (Wildman–Crippen LogP) is 5.80. The summed E-state index contributed by atoms with van der Waals surface area (Å²) in [5.41, 5.74) is 0.657. The van der Waals surface area contributed by atoms with Crippen molar-refractivity contribution >= 4 is 11.6 Å². The van der Waals surface area contributed by atoms with Gasteiger partial charge in [0.25, 0.3) is 0 Å². The number of nitrogens with zero attached hydrogens (tertiary/aromatic N) is 2. The minimum absolute atomic E-state index is 0.172. The van der Waals surface area contributed by atoms with E-state index in [2.05, 4.69) is 19.4 Å². The number of aromatic nitrogens is 2. The van der Waals surface area contributed by atoms with E-state index < -0.39 is 40.4 Å². The van der Waals surface area contributed by atoms with E-state index in [1.165, 1.54) is 12.4 Å². The van der Waals surface area contributed by atoms with Crippen LogP contribution in [0.15, 0.2) is 36.9 Å². The van der Waals surface area contributed by atoms with Crippen LogP contribution in [0.4, 0.5) is 26.3 Å². The summed E-state index contributed by atoms with van der Waals surface area (Å²) < 4.78 is 87.3. The third-order valence-electron chi connectivity index (χ3n) is 3.17. The molecule has 2 rings (SSSR count). The minimum atomic E-state index is -4.68. The Bertz CT molecular complexity index is 818. The average Bonchev–Trinajstić information content (AvgIpc) is 2.57. The highest BCUT2D eigenvalue weighted by molar-refractivity contribution is 6.32. The summed E-state index contributed by atoms with van der Waals surface area (Å²) in [6.45, 7) is 1.90. The van der Waals surface area contributed by atoms with Crippen LogP contribution in [-0.4, -0.2) is 16.1 Å². The van der Waals surface area contributed by atoms with E-state index in [-0.39, 0.29) is 12.3 Å². The van der Waals surface area contributed by atoms with Gasteiger partial charge < -0.3 is 9.47 Å². The zero-order chi connectivity index (χ0) is 20.9. The van der Waals surface area contributed by atoms with Crippen LogP contribution in [0.2, 0.25) is 5.02 Å². The van der Waals surface area contributed by atoms with E-state index in [1.807, 2.05) is 6.92 Å². The Morgan fingerprint density at radius 1 is 1.11 bits per heavy atom. The van der Waals surface area contributed by atoms with E-state index in [0.29, 0.717) is 18.1 Å². The second-order valence-corrected chi connectivity index (χ2v) is 5.87. The first-order valence-electron chi connectivity index (χ1n) is 7.80. The zero-order valence-corrected chi connectivity index (χ0v) is 15.0. The second-order valence-electron chi connectivity index (χ2n) is 5.46. The first-order valence-corrected chi connectivity index (χ1v) is 8.18. The number of allylic oxidation sites excluding steroid dienone is 1. The maximum atomic E-state index is 14.2. The first kappa shape index (κ1) is 21.8. The zero-order valence-electron chi connectivity index (χ0n) is 14.2. The van der Waals surface area contributed by atoms with Crippen molar-refractivity contribution in [3.05, 3.63) is 59.1 Å². The Morgan fingerprint density at radius 2 is 1.75 bits per heavy atom. The molecule has 11 heteroatoms. The van der Waals surface area contributed by atoms with Crippen LogP contribution in [0.5, 0.6) is 11.5 Å². The highest BCUT2D eigenvalue weighted by Crippen LogP contribution is 2.36. The summed E-state index contributed by atoms with van der Waals surface area (Å²) in [5.74, 6) is -3.72. The van der Waals surface area contributed by atoms with Gasteiger partial charge in [-0.05, 0) is 12.0 Å². The monoisotopic (exact) mass is 426 g/mol. The third-order valence-corrected chi connectivity index (χ3v) is 3.45. The number of hydrogen-bond acceptors (Lipinski definition) is 4. The van der Waals surface area contributed by atoms with Gasteiger partial charge >= 0.3 is 12.3 Å². The van der Waals surface area contributed by atoms with Crippen molar-refractivity contribution in [2.45, 2.75) is 32.1 Å². The van der Waals surface area contributed by atoms with Crippen LogP contribution in [0.1, 0.15) is 24.7 Å². The summed E-state index contributed by atoms with van der Waals surface area (Å²) >= 11 is 5.68. The molecule has 0 unspecified atom stereocenters. The van der Waals surface area contributed by atoms with E-state index in [1.54, 1.807) is 0 Å². The number of rotatable bonds is 7. The lowest BCUT2D eigenvalue weighted by Crippen LogP contribution is -2.25. The van der Waals surface area contributed by atoms with Crippen molar-refractivity contribution in [2.24, 2.45) is 0 Å². The fourth-order valence-corrected chi connectivity index (χ4v) is 2.25. The number of halogens is 7. The molecule has 0 N–H and O–H groups in total. The minimum Gasteiger partial charge on any atom is -0.460 e. The summed E-state index contributed by atoms with van der Waals surface area (Å²) in [6, 6.07) is 1.25. The van der Waals surface area contributed by atoms with Gasteiger partial charge in [0.1, 0.15) is 5.75 Å². The Labute approximate surface area is 160 Å². The van der Waals surface area contributed by atoms with Crippen molar-refractivity contribution in [1.82, 2.24) is 9.97 Å². The van der Waals surface area contributed by atoms with Crippen LogP contribution in [-0.2, 0) is 12.5 Å². The molecule has 1 heterocycles. The van der Waals surface area contributed by atoms with Gasteiger partial charge in [-0.1, -0.05) is 24.9 Å². The third kappa shape index (κ3) is 6.01. The standard InChI is InChI=1S/C17H13ClF6N2O2/c1-2-3-10-8-25-15(26-9-10)17(23,24)28-11-6-12(18)14(13(19)7-11)27-5-4-16(20,21)22/h4-9H,2-3H2,1H3. The molecule has 0 aliphatic rings. The van der Waals surface area contributed by atoms with E-state index in [4.69, 9.17) is 11.6 Å². The molecule has 1 aromatic carbocycles. The van der Waals surface area contributed by atoms with Crippen molar-refractivity contribution < 1.29 is 35.8 Å². The van der Waals surface area contributed by atoms with Gasteiger partial charge in [-0.2, -0.15) is 22.0 Å². The van der Waals surface area contributed by atoms with Gasteiger partial charge in [-0.25, -0.2) is 14.4 Å². The fraction of sp³-hybridized carbons (Fsp3) is 0.294. The average molecular weight is 427 g/mol. The highest BCUT2D eigenvalue weighted by atomic mass is 35.5. The normalized spacial score (nSPS) is 12.4. The van der Waals surface area contributed by atoms with E-state index in [0.717, 1.165) is 12.5 Å². The molecule has 0 bridgehead atoms. The molecule has 28 heavy (non-hydrogen) atoms. The molecule has 0 saturated heterocycles. The van der Waals surface area contributed by atoms with Crippen molar-refractivity contribution in [3.63, 3.8) is 0 Å². The van der Waals surface area contributed by atoms with Gasteiger partial charge in [-0.15, -0.1) is 0 Å². The van der Waals surface area contributed by atoms with Crippen molar-refractivity contribution in [2.75, 3.05) is 0 Å². The van der Waals surface area contributed by atoms with Crippen molar-refractivity contribution in [1.29, 1.82) is 0 Å². The summed E-state index contributed by atoms with van der Waals surface area (Å²) in [4.78, 5) is 7.08. The van der Waals surface area contributed by atoms with Crippen LogP contribution >= 0.6 is 11.6 Å². The van der Waals surface area contributed by atoms with Crippen LogP contribution in [0.25, 0.3) is 0 Å². The molecule has 0 amide bonds. The summed E-state index contributed by atoms with van der Waals surface area (Å²) in [7, 11) is 0. The molecule has 2 aromatic rings. The maximum absolute atomic E-state index is 14.2. The van der Waals surface area contributed by atoms with Gasteiger partial charge in [0.2, 0.25) is 5.82 Å². The van der Waals surface area contributed by atoms with E-state index >= 15 is 0 Å². The molecule has 0 aliphatic heterocycles. The van der Waals surface area contributed by atoms with E-state index in [9.17, 15) is 26.3 Å². The molecule has 0 saturated carbocycles. The lowest BCUT2D eigenvalue weighted by Gasteiger charge is -2.17. The van der Waals surface area contributed by atoms with Gasteiger partial charge in [0.15, 0.2) is 11.6 Å². The molecule has 1 aromatic heterocycles. The smallest absolute Gasteiger partial charge is 0.460 e. The quantitative estimate of drug-likeness (QED) is 0.414. The van der Waals surface area contributed by atoms with Gasteiger partial charge in [0.05, 0.1) is 17.4 Å². The molecule has 4 nitrogen and oxygen atoms in total. The summed E-state index contributed by atoms with van der Waals surface area (Å²) in [6.07, 6.45) is -4.97. The Morgan fingerprint density at radius 3 is 2.29 bits per heavy atom. The largest absolute Gasteiger partial charge is 0.462 e. The molecule has 0 fully saturated rings. The Kier molecular flexibility index (Phi) is 6.76. The lowest BCUT2D eigenvalue weighted by molar-refractivity contribution is -0.192. The molecule has 0 radical (unpaired) electrons. The molecular weight excluding hydrogens is 414 g/mol. The van der Waals surface area contributed by atoms with Crippen LogP contribution < -0.4 is 9.47 Å². The Hall–Kier alpha value is -2.49. The molecular formula is C17H13ClF6N2O2. The SMILES string of the molecule is CCCc1cnc(C(F)(F)Oc2cc(F)c(OC=CC(F)(F)F)c(Cl)c2)nc1. The number of ether oxygens (including phenoxy) is 2. The van der Waals surface area contributed by atoms with Gasteiger partial charge in [0, 0.05) is 24.5 Å². The van der Waals surface area contributed by atoms with Crippen molar-refractivity contribution in [3.8, 4) is 11.5 Å². The summed E-state index contributed by atoms with van der Waals surface area (Å²) in [5, 5.41) is -0.572. The predicted molar refractivity (Wildman–Crippen MR) is 87.8 cm³/mol. The first-order chi connectivity index (χ1) is 13.0. The Balaban J connectivity index is 2.18. The van der Waals surface area contributed by atoms with Crippen LogP contribution in [0.3, 0.4) is 0 Å². The van der Waals surface area contributed by atoms with Crippen LogP contribution in [0, 0.1) is 5.82 Å². The number of hydrogen-bond donors (Lipinski definition) is 0. The topological polar surface area (TPSA) is 44.2 Å². The number of aryl methyl sites for hydroxylation is 1. The molecule has 0 spiro atoms. The van der Waals surface area contributed by atoms with Gasteiger partial charge in [-0.3, -0.25) is 0 Å². The highest BCUT2D eigenvalue weighted by Gasteiger charge is 2.38. The second kappa shape index (κ2) is 8.68. The molecule has 0 atom stereocenters. The fourth-order valence-electron chi connectivity index (χ4n) is 2.00. The molecule has 152 valence electrons.